The van der Waals surface area contributed by atoms with Crippen LogP contribution in [0.15, 0.2) is 100 Å². The van der Waals surface area contributed by atoms with E-state index >= 15 is 0 Å². The lowest BCUT2D eigenvalue weighted by Gasteiger charge is -2.18. The lowest BCUT2D eigenvalue weighted by molar-refractivity contribution is 0.0695. The molecule has 1 atom stereocenters. The fourth-order valence-corrected chi connectivity index (χ4v) is 6.92. The summed E-state index contributed by atoms with van der Waals surface area (Å²) in [5, 5.41) is 11.1. The van der Waals surface area contributed by atoms with E-state index in [1.54, 1.807) is 66.7 Å². The predicted octanol–water partition coefficient (Wildman–Crippen LogP) is 5.34. The van der Waals surface area contributed by atoms with Crippen LogP contribution in [0, 0.1) is 0 Å². The summed E-state index contributed by atoms with van der Waals surface area (Å²) < 4.78 is 49.0. The van der Waals surface area contributed by atoms with Crippen LogP contribution in [0.5, 0.6) is 0 Å². The van der Waals surface area contributed by atoms with Crippen LogP contribution in [0.4, 0.5) is 10.7 Å². The largest absolute Gasteiger partial charge is 0.478 e. The maximum Gasteiger partial charge on any atom is 0.335 e. The molecular weight excluding hydrogens is 506 g/mol. The smallest absolute Gasteiger partial charge is 0.335 e. The number of sulfone groups is 1. The molecule has 0 aliphatic rings. The topological polar surface area (TPSA) is 112 Å². The SMILES string of the molecule is O=C(O)c1ccccc1CCc1ccc(N(c2cc(S(=O)(=O)c3ccccc3)cs2)S(=O)O)cc1. The Hall–Kier alpha value is -3.31. The van der Waals surface area contributed by atoms with Gasteiger partial charge in [0.2, 0.25) is 9.84 Å². The highest BCUT2D eigenvalue weighted by atomic mass is 32.2. The average Bonchev–Trinajstić information content (AvgIpc) is 3.34. The molecule has 1 heterocycles. The van der Waals surface area contributed by atoms with E-state index in [-0.39, 0.29) is 15.4 Å². The number of carbonyl (C=O) groups is 1. The van der Waals surface area contributed by atoms with E-state index in [9.17, 15) is 27.1 Å². The zero-order valence-corrected chi connectivity index (χ0v) is 20.7. The van der Waals surface area contributed by atoms with Crippen molar-refractivity contribution in [2.75, 3.05) is 4.31 Å². The highest BCUT2D eigenvalue weighted by molar-refractivity contribution is 7.91. The van der Waals surface area contributed by atoms with Crippen molar-refractivity contribution in [2.45, 2.75) is 22.6 Å². The summed E-state index contributed by atoms with van der Waals surface area (Å²) in [6.07, 6.45) is 1.12. The Balaban J connectivity index is 1.54. The van der Waals surface area contributed by atoms with Crippen LogP contribution in [-0.2, 0) is 33.9 Å². The van der Waals surface area contributed by atoms with Crippen LogP contribution in [0.2, 0.25) is 0 Å². The fourth-order valence-electron chi connectivity index (χ4n) is 3.61. The second-order valence-corrected chi connectivity index (χ2v) is 11.3. The Morgan fingerprint density at radius 2 is 1.54 bits per heavy atom. The first-order chi connectivity index (χ1) is 16.8. The molecule has 4 rings (SSSR count). The molecule has 10 heteroatoms. The average molecular weight is 528 g/mol. The molecule has 0 aliphatic carbocycles. The van der Waals surface area contributed by atoms with Crippen molar-refractivity contribution in [1.29, 1.82) is 0 Å². The normalized spacial score (nSPS) is 12.3. The minimum atomic E-state index is -3.75. The highest BCUT2D eigenvalue weighted by Gasteiger charge is 2.23. The van der Waals surface area contributed by atoms with Gasteiger partial charge in [0, 0.05) is 5.38 Å². The number of carboxylic acid groups (broad SMARTS) is 1. The highest BCUT2D eigenvalue weighted by Crippen LogP contribution is 2.36. The molecule has 4 aromatic rings. The zero-order valence-electron chi connectivity index (χ0n) is 18.3. The van der Waals surface area contributed by atoms with Gasteiger partial charge in [-0.05, 0) is 60.4 Å². The van der Waals surface area contributed by atoms with Crippen molar-refractivity contribution < 1.29 is 27.1 Å². The Labute approximate surface area is 209 Å². The molecule has 180 valence electrons. The third-order valence-corrected chi connectivity index (χ3v) is 9.03. The maximum atomic E-state index is 12.9. The Kier molecular flexibility index (Phi) is 7.46. The van der Waals surface area contributed by atoms with Gasteiger partial charge in [-0.2, -0.15) is 0 Å². The molecule has 0 aliphatic heterocycles. The lowest BCUT2D eigenvalue weighted by atomic mass is 10.00. The van der Waals surface area contributed by atoms with E-state index in [1.165, 1.54) is 23.6 Å². The molecule has 0 radical (unpaired) electrons. The molecule has 1 unspecified atom stereocenters. The summed E-state index contributed by atoms with van der Waals surface area (Å²) in [7, 11) is -3.75. The molecule has 0 saturated carbocycles. The summed E-state index contributed by atoms with van der Waals surface area (Å²) in [6, 6.07) is 23.2. The third kappa shape index (κ3) is 5.51. The van der Waals surface area contributed by atoms with Crippen LogP contribution in [0.25, 0.3) is 0 Å². The van der Waals surface area contributed by atoms with Gasteiger partial charge in [0.15, 0.2) is 0 Å². The van der Waals surface area contributed by atoms with Crippen LogP contribution >= 0.6 is 11.3 Å². The number of rotatable bonds is 9. The van der Waals surface area contributed by atoms with Gasteiger partial charge in [-0.3, -0.25) is 4.55 Å². The van der Waals surface area contributed by atoms with E-state index in [0.717, 1.165) is 26.8 Å². The molecule has 7 nitrogen and oxygen atoms in total. The number of thiophene rings is 1. The lowest BCUT2D eigenvalue weighted by Crippen LogP contribution is -2.18. The van der Waals surface area contributed by atoms with Gasteiger partial charge in [0.25, 0.3) is 11.3 Å². The van der Waals surface area contributed by atoms with E-state index in [4.69, 9.17) is 0 Å². The van der Waals surface area contributed by atoms with Crippen molar-refractivity contribution in [3.63, 3.8) is 0 Å². The van der Waals surface area contributed by atoms with Crippen LogP contribution in [0.1, 0.15) is 21.5 Å². The first-order valence-electron chi connectivity index (χ1n) is 10.5. The van der Waals surface area contributed by atoms with Gasteiger partial charge in [-0.25, -0.2) is 21.7 Å². The third-order valence-electron chi connectivity index (χ3n) is 5.38. The Morgan fingerprint density at radius 3 is 2.20 bits per heavy atom. The molecular formula is C25H21NO6S3. The fraction of sp³-hybridized carbons (Fsp3) is 0.0800. The van der Waals surface area contributed by atoms with Crippen molar-refractivity contribution in [3.05, 3.63) is 107 Å². The number of aromatic carboxylic acids is 1. The number of anilines is 2. The summed E-state index contributed by atoms with van der Waals surface area (Å²) in [5.41, 5.74) is 2.35. The minimum Gasteiger partial charge on any atom is -0.478 e. The molecule has 35 heavy (non-hydrogen) atoms. The standard InChI is InChI=1S/C25H21NO6S3/c27-25(28)23-9-5-4-6-19(23)13-10-18-11-14-20(15-12-18)26(34(29)30)24-16-22(17-33-24)35(31,32)21-7-2-1-3-8-21/h1-9,11-12,14-17H,10,13H2,(H,27,28)(H,29,30). The van der Waals surface area contributed by atoms with Crippen LogP contribution in [-0.4, -0.2) is 28.3 Å². The van der Waals surface area contributed by atoms with Crippen LogP contribution < -0.4 is 4.31 Å². The van der Waals surface area contributed by atoms with Gasteiger partial charge in [-0.1, -0.05) is 48.5 Å². The van der Waals surface area contributed by atoms with E-state index in [2.05, 4.69) is 0 Å². The molecule has 0 spiro atoms. The molecule has 0 bridgehead atoms. The van der Waals surface area contributed by atoms with Gasteiger partial charge in [-0.15, -0.1) is 11.3 Å². The van der Waals surface area contributed by atoms with E-state index in [1.807, 2.05) is 0 Å². The van der Waals surface area contributed by atoms with Gasteiger partial charge >= 0.3 is 5.97 Å². The first-order valence-corrected chi connectivity index (χ1v) is 13.9. The number of hydrogen-bond donors (Lipinski definition) is 2. The molecule has 3 aromatic carbocycles. The van der Waals surface area contributed by atoms with Crippen molar-refractivity contribution >= 4 is 49.1 Å². The maximum absolute atomic E-state index is 12.9. The number of aryl methyl sites for hydroxylation is 2. The Morgan fingerprint density at radius 1 is 0.886 bits per heavy atom. The summed E-state index contributed by atoms with van der Waals surface area (Å²) in [5.74, 6) is -0.971. The van der Waals surface area contributed by atoms with E-state index in [0.29, 0.717) is 23.5 Å². The number of benzene rings is 3. The summed E-state index contributed by atoms with van der Waals surface area (Å²) >= 11 is -1.37. The predicted molar refractivity (Wildman–Crippen MR) is 136 cm³/mol. The second-order valence-electron chi connectivity index (χ2n) is 7.59. The molecule has 0 saturated heterocycles. The van der Waals surface area contributed by atoms with Gasteiger partial charge in [0.05, 0.1) is 21.0 Å². The number of carboxylic acids is 1. The van der Waals surface area contributed by atoms with Crippen molar-refractivity contribution in [1.82, 2.24) is 0 Å². The first kappa shape index (κ1) is 24.8. The Bertz CT molecular complexity index is 1460. The summed E-state index contributed by atoms with van der Waals surface area (Å²) in [4.78, 5) is 11.6. The number of hydrogen-bond acceptors (Lipinski definition) is 5. The van der Waals surface area contributed by atoms with Crippen molar-refractivity contribution in [2.24, 2.45) is 0 Å². The molecule has 0 fully saturated rings. The number of nitrogens with zero attached hydrogens (tertiary/aromatic N) is 1. The second kappa shape index (κ2) is 10.5. The van der Waals surface area contributed by atoms with Crippen molar-refractivity contribution in [3.8, 4) is 0 Å². The molecule has 1 aromatic heterocycles. The quantitative estimate of drug-likeness (QED) is 0.284. The molecule has 0 amide bonds. The summed E-state index contributed by atoms with van der Waals surface area (Å²) in [6.45, 7) is 0. The van der Waals surface area contributed by atoms with Crippen LogP contribution in [0.3, 0.4) is 0 Å². The van der Waals surface area contributed by atoms with E-state index < -0.39 is 27.1 Å². The zero-order chi connectivity index (χ0) is 25.0. The molecule has 2 N–H and O–H groups in total. The van der Waals surface area contributed by atoms with Gasteiger partial charge < -0.3 is 5.11 Å². The minimum absolute atomic E-state index is 0.0489. The van der Waals surface area contributed by atoms with Gasteiger partial charge in [0.1, 0.15) is 5.00 Å². The monoisotopic (exact) mass is 527 g/mol.